The minimum Gasteiger partial charge on any atom is -0.444 e. The van der Waals surface area contributed by atoms with Crippen LogP contribution in [-0.4, -0.2) is 34.5 Å². The van der Waals surface area contributed by atoms with Gasteiger partial charge < -0.3 is 9.64 Å². The van der Waals surface area contributed by atoms with Gasteiger partial charge in [-0.1, -0.05) is 74.5 Å². The topological polar surface area (TPSA) is 49.9 Å². The Hall–Kier alpha value is -2.82. The molecule has 2 amide bonds. The molecule has 0 aromatic heterocycles. The summed E-state index contributed by atoms with van der Waals surface area (Å²) in [5.41, 5.74) is 2.01. The highest BCUT2D eigenvalue weighted by Crippen LogP contribution is 2.32. The van der Waals surface area contributed by atoms with Crippen molar-refractivity contribution in [1.29, 1.82) is 0 Å². The summed E-state index contributed by atoms with van der Waals surface area (Å²) >= 11 is 0. The number of carbonyl (C=O) groups excluding carboxylic acids is 2. The highest BCUT2D eigenvalue weighted by atomic mass is 16.6. The van der Waals surface area contributed by atoms with Gasteiger partial charge in [-0.05, 0) is 30.9 Å². The molecule has 0 bridgehead atoms. The SMILES string of the molecule is CC[C@@H]1[C@@H](CC)C(=O)N([C@@H](C)c2ccccc2)CN1C(=O)OCc1ccccc1. The third-order valence-corrected chi connectivity index (χ3v) is 5.82. The molecule has 29 heavy (non-hydrogen) atoms. The fraction of sp³-hybridized carbons (Fsp3) is 0.417. The van der Waals surface area contributed by atoms with Gasteiger partial charge in [-0.15, -0.1) is 0 Å². The summed E-state index contributed by atoms with van der Waals surface area (Å²) in [7, 11) is 0. The van der Waals surface area contributed by atoms with Crippen LogP contribution in [0.15, 0.2) is 60.7 Å². The second-order valence-electron chi connectivity index (χ2n) is 7.54. The number of hydrogen-bond acceptors (Lipinski definition) is 3. The van der Waals surface area contributed by atoms with Crippen molar-refractivity contribution in [1.82, 2.24) is 9.80 Å². The van der Waals surface area contributed by atoms with E-state index in [0.717, 1.165) is 17.5 Å². The number of ether oxygens (including phenoxy) is 1. The average Bonchev–Trinajstić information content (AvgIpc) is 2.77. The first kappa shape index (κ1) is 20.9. The van der Waals surface area contributed by atoms with Crippen molar-refractivity contribution in [2.45, 2.75) is 52.3 Å². The van der Waals surface area contributed by atoms with Gasteiger partial charge in [0.05, 0.1) is 18.6 Å². The van der Waals surface area contributed by atoms with Crippen LogP contribution in [-0.2, 0) is 16.1 Å². The van der Waals surface area contributed by atoms with Crippen LogP contribution >= 0.6 is 0 Å². The van der Waals surface area contributed by atoms with Gasteiger partial charge in [0.15, 0.2) is 0 Å². The third-order valence-electron chi connectivity index (χ3n) is 5.82. The van der Waals surface area contributed by atoms with Crippen LogP contribution < -0.4 is 0 Å². The zero-order valence-corrected chi connectivity index (χ0v) is 17.5. The predicted octanol–water partition coefficient (Wildman–Crippen LogP) is 4.99. The summed E-state index contributed by atoms with van der Waals surface area (Å²) < 4.78 is 5.61. The molecule has 0 spiro atoms. The van der Waals surface area contributed by atoms with Crippen LogP contribution in [0.2, 0.25) is 0 Å². The molecule has 1 saturated heterocycles. The largest absolute Gasteiger partial charge is 0.444 e. The lowest BCUT2D eigenvalue weighted by atomic mass is 9.89. The van der Waals surface area contributed by atoms with Gasteiger partial charge in [-0.3, -0.25) is 9.69 Å². The lowest BCUT2D eigenvalue weighted by molar-refractivity contribution is -0.150. The highest BCUT2D eigenvalue weighted by molar-refractivity contribution is 5.83. The van der Waals surface area contributed by atoms with Crippen molar-refractivity contribution >= 4 is 12.0 Å². The summed E-state index contributed by atoms with van der Waals surface area (Å²) in [5.74, 6) is -0.105. The van der Waals surface area contributed by atoms with Crippen molar-refractivity contribution in [2.75, 3.05) is 6.67 Å². The number of rotatable bonds is 6. The van der Waals surface area contributed by atoms with E-state index in [9.17, 15) is 9.59 Å². The van der Waals surface area contributed by atoms with Crippen LogP contribution in [0.4, 0.5) is 4.79 Å². The maximum atomic E-state index is 13.2. The summed E-state index contributed by atoms with van der Waals surface area (Å²) in [5, 5.41) is 0. The molecule has 0 N–H and O–H groups in total. The van der Waals surface area contributed by atoms with Gasteiger partial charge in [0.1, 0.15) is 6.61 Å². The maximum absolute atomic E-state index is 13.2. The lowest BCUT2D eigenvalue weighted by Crippen LogP contribution is -2.60. The van der Waals surface area contributed by atoms with E-state index in [-0.39, 0.29) is 43.3 Å². The van der Waals surface area contributed by atoms with Gasteiger partial charge in [-0.25, -0.2) is 4.79 Å². The van der Waals surface area contributed by atoms with Gasteiger partial charge in [-0.2, -0.15) is 0 Å². The Kier molecular flexibility index (Phi) is 6.91. The second-order valence-corrected chi connectivity index (χ2v) is 7.54. The van der Waals surface area contributed by atoms with E-state index in [0.29, 0.717) is 6.42 Å². The molecule has 0 saturated carbocycles. The molecule has 5 heteroatoms. The van der Waals surface area contributed by atoms with Crippen LogP contribution in [0.5, 0.6) is 0 Å². The number of benzene rings is 2. The molecule has 0 radical (unpaired) electrons. The Bertz CT molecular complexity index is 809. The van der Waals surface area contributed by atoms with Crippen LogP contribution in [0.3, 0.4) is 0 Å². The zero-order chi connectivity index (χ0) is 20.8. The van der Waals surface area contributed by atoms with Crippen molar-refractivity contribution in [3.8, 4) is 0 Å². The molecular formula is C24H30N2O3. The molecule has 154 valence electrons. The van der Waals surface area contributed by atoms with Crippen molar-refractivity contribution in [2.24, 2.45) is 5.92 Å². The monoisotopic (exact) mass is 394 g/mol. The molecule has 3 rings (SSSR count). The highest BCUT2D eigenvalue weighted by Gasteiger charge is 2.43. The summed E-state index contributed by atoms with van der Waals surface area (Å²) in [6, 6.07) is 19.3. The molecule has 1 fully saturated rings. The Labute approximate surface area is 173 Å². The molecule has 3 atom stereocenters. The van der Waals surface area contributed by atoms with Gasteiger partial charge in [0.2, 0.25) is 5.91 Å². The molecule has 1 heterocycles. The average molecular weight is 395 g/mol. The van der Waals surface area contributed by atoms with Crippen LogP contribution in [0, 0.1) is 5.92 Å². The minimum atomic E-state index is -0.364. The van der Waals surface area contributed by atoms with E-state index in [1.54, 1.807) is 9.80 Å². The predicted molar refractivity (Wildman–Crippen MR) is 113 cm³/mol. The standard InChI is InChI=1S/C24H30N2O3/c1-4-21-22(5-2)26(24(28)29-16-19-12-8-6-9-13-19)17-25(23(21)27)18(3)20-14-10-7-11-15-20/h6-15,18,21-22H,4-5,16-17H2,1-3H3/t18-,21+,22+/m0/s1. The maximum Gasteiger partial charge on any atom is 0.411 e. The zero-order valence-electron chi connectivity index (χ0n) is 17.5. The molecular weight excluding hydrogens is 364 g/mol. The first-order valence-electron chi connectivity index (χ1n) is 10.4. The number of hydrogen-bond donors (Lipinski definition) is 0. The van der Waals surface area contributed by atoms with Crippen molar-refractivity contribution in [3.05, 3.63) is 71.8 Å². The van der Waals surface area contributed by atoms with E-state index in [2.05, 4.69) is 0 Å². The van der Waals surface area contributed by atoms with E-state index < -0.39 is 0 Å². The van der Waals surface area contributed by atoms with Crippen LogP contribution in [0.25, 0.3) is 0 Å². The fourth-order valence-electron chi connectivity index (χ4n) is 4.11. The molecule has 1 aliphatic heterocycles. The van der Waals surface area contributed by atoms with Crippen molar-refractivity contribution < 1.29 is 14.3 Å². The quantitative estimate of drug-likeness (QED) is 0.693. The molecule has 0 aliphatic carbocycles. The molecule has 5 nitrogen and oxygen atoms in total. The normalized spacial score (nSPS) is 20.4. The van der Waals surface area contributed by atoms with E-state index in [1.807, 2.05) is 81.4 Å². The second kappa shape index (κ2) is 9.59. The van der Waals surface area contributed by atoms with E-state index in [4.69, 9.17) is 4.74 Å². The Morgan fingerprint density at radius 2 is 1.66 bits per heavy atom. The summed E-state index contributed by atoms with van der Waals surface area (Å²) in [6.07, 6.45) is 1.05. The summed E-state index contributed by atoms with van der Waals surface area (Å²) in [6.45, 7) is 6.52. The Morgan fingerprint density at radius 1 is 1.03 bits per heavy atom. The number of nitrogens with zero attached hydrogens (tertiary/aromatic N) is 2. The molecule has 0 unspecified atom stereocenters. The number of carbonyl (C=O) groups is 2. The third kappa shape index (κ3) is 4.61. The number of amides is 2. The molecule has 2 aromatic carbocycles. The van der Waals surface area contributed by atoms with Crippen LogP contribution in [0.1, 0.15) is 50.8 Å². The molecule has 2 aromatic rings. The smallest absolute Gasteiger partial charge is 0.411 e. The van der Waals surface area contributed by atoms with Gasteiger partial charge >= 0.3 is 6.09 Å². The fourth-order valence-corrected chi connectivity index (χ4v) is 4.11. The Morgan fingerprint density at radius 3 is 2.24 bits per heavy atom. The van der Waals surface area contributed by atoms with Gasteiger partial charge in [0.25, 0.3) is 0 Å². The van der Waals surface area contributed by atoms with Crippen molar-refractivity contribution in [3.63, 3.8) is 0 Å². The lowest BCUT2D eigenvalue weighted by Gasteiger charge is -2.46. The first-order chi connectivity index (χ1) is 14.1. The molecule has 1 aliphatic rings. The summed E-state index contributed by atoms with van der Waals surface area (Å²) in [4.78, 5) is 29.8. The van der Waals surface area contributed by atoms with E-state index >= 15 is 0 Å². The Balaban J connectivity index is 1.80. The van der Waals surface area contributed by atoms with Gasteiger partial charge in [0, 0.05) is 6.04 Å². The first-order valence-corrected chi connectivity index (χ1v) is 10.4. The minimum absolute atomic E-state index is 0.111. The van der Waals surface area contributed by atoms with E-state index in [1.165, 1.54) is 0 Å².